The second-order valence-corrected chi connectivity index (χ2v) is 10.9. The second kappa shape index (κ2) is 10.1. The third-order valence-corrected chi connectivity index (χ3v) is 7.79. The van der Waals surface area contributed by atoms with Gasteiger partial charge in [-0.25, -0.2) is 0 Å². The summed E-state index contributed by atoms with van der Waals surface area (Å²) in [6, 6.07) is 33.7. The van der Waals surface area contributed by atoms with Gasteiger partial charge in [0.25, 0.3) is 11.8 Å². The molecule has 4 heteroatoms. The van der Waals surface area contributed by atoms with Crippen molar-refractivity contribution in [2.24, 2.45) is 0 Å². The highest BCUT2D eigenvalue weighted by Crippen LogP contribution is 2.50. The molecule has 4 aromatic carbocycles. The van der Waals surface area contributed by atoms with Gasteiger partial charge in [0, 0.05) is 22.5 Å². The molecule has 2 aliphatic rings. The Bertz CT molecular complexity index is 1650. The summed E-state index contributed by atoms with van der Waals surface area (Å²) in [5.74, 6) is 0.0546. The maximum absolute atomic E-state index is 14.4. The number of nitrogens with zero attached hydrogens (tertiary/aromatic N) is 2. The molecule has 2 aliphatic heterocycles. The van der Waals surface area contributed by atoms with Crippen molar-refractivity contribution in [1.82, 2.24) is 0 Å². The van der Waals surface area contributed by atoms with E-state index in [4.69, 9.17) is 0 Å². The zero-order valence-electron chi connectivity index (χ0n) is 23.3. The molecule has 0 bridgehead atoms. The van der Waals surface area contributed by atoms with E-state index in [0.29, 0.717) is 22.9 Å². The van der Waals surface area contributed by atoms with Crippen LogP contribution in [0.4, 0.5) is 11.4 Å². The fourth-order valence-electron chi connectivity index (χ4n) is 5.58. The molecule has 6 rings (SSSR count). The van der Waals surface area contributed by atoms with Gasteiger partial charge in [0.1, 0.15) is 5.70 Å². The Morgan fingerprint density at radius 1 is 0.675 bits per heavy atom. The van der Waals surface area contributed by atoms with Crippen molar-refractivity contribution in [1.29, 1.82) is 0 Å². The van der Waals surface area contributed by atoms with E-state index in [0.717, 1.165) is 33.5 Å². The van der Waals surface area contributed by atoms with E-state index in [1.54, 1.807) is 4.90 Å². The third kappa shape index (κ3) is 4.36. The third-order valence-electron chi connectivity index (χ3n) is 7.79. The Balaban J connectivity index is 1.58. The van der Waals surface area contributed by atoms with Gasteiger partial charge in [-0.05, 0) is 66.8 Å². The van der Waals surface area contributed by atoms with Crippen LogP contribution in [-0.2, 0) is 9.59 Å². The fraction of sp³-hybridized carbons (Fsp3) is 0.167. The molecule has 198 valence electrons. The van der Waals surface area contributed by atoms with Gasteiger partial charge in [0.2, 0.25) is 0 Å². The number of anilines is 2. The first kappa shape index (κ1) is 25.6. The van der Waals surface area contributed by atoms with E-state index in [-0.39, 0.29) is 11.8 Å². The highest BCUT2D eigenvalue weighted by molar-refractivity contribution is 6.29. The van der Waals surface area contributed by atoms with Crippen molar-refractivity contribution >= 4 is 29.3 Å². The number of carbonyl (C=O) groups is 2. The minimum Gasteiger partial charge on any atom is -0.295 e. The summed E-state index contributed by atoms with van der Waals surface area (Å²) in [5, 5.41) is 0. The van der Waals surface area contributed by atoms with Crippen LogP contribution in [0.5, 0.6) is 0 Å². The quantitative estimate of drug-likeness (QED) is 0.249. The van der Waals surface area contributed by atoms with Crippen LogP contribution in [0.3, 0.4) is 0 Å². The molecule has 40 heavy (non-hydrogen) atoms. The van der Waals surface area contributed by atoms with Crippen LogP contribution in [0.25, 0.3) is 6.08 Å². The van der Waals surface area contributed by atoms with E-state index >= 15 is 0 Å². The molecule has 0 aromatic heterocycles. The highest BCUT2D eigenvalue weighted by atomic mass is 16.2. The summed E-state index contributed by atoms with van der Waals surface area (Å²) in [5.41, 5.74) is 8.54. The first-order chi connectivity index (χ1) is 19.3. The van der Waals surface area contributed by atoms with E-state index in [1.807, 2.05) is 104 Å². The summed E-state index contributed by atoms with van der Waals surface area (Å²) < 4.78 is 0. The van der Waals surface area contributed by atoms with Crippen molar-refractivity contribution in [2.45, 2.75) is 39.7 Å². The molecule has 0 aliphatic carbocycles. The number of amides is 2. The number of carbonyl (C=O) groups excluding carboxylic acids is 2. The molecule has 1 unspecified atom stereocenters. The molecular weight excluding hydrogens is 492 g/mol. The van der Waals surface area contributed by atoms with Crippen LogP contribution < -0.4 is 9.80 Å². The molecule has 0 N–H and O–H groups in total. The molecule has 0 spiro atoms. The zero-order valence-corrected chi connectivity index (χ0v) is 23.3. The van der Waals surface area contributed by atoms with Crippen molar-refractivity contribution in [3.8, 4) is 0 Å². The number of benzene rings is 4. The highest BCUT2D eigenvalue weighted by Gasteiger charge is 2.52. The molecule has 0 fully saturated rings. The Labute approximate surface area is 235 Å². The molecule has 0 radical (unpaired) electrons. The van der Waals surface area contributed by atoms with Crippen LogP contribution in [0, 0.1) is 13.8 Å². The largest absolute Gasteiger partial charge is 0.295 e. The molecule has 4 aromatic rings. The van der Waals surface area contributed by atoms with Crippen molar-refractivity contribution < 1.29 is 9.59 Å². The van der Waals surface area contributed by atoms with Crippen LogP contribution in [0.15, 0.2) is 120 Å². The summed E-state index contributed by atoms with van der Waals surface area (Å²) in [6.45, 7) is 8.38. The van der Waals surface area contributed by atoms with E-state index < -0.39 is 6.04 Å². The lowest BCUT2D eigenvalue weighted by Gasteiger charge is -2.30. The van der Waals surface area contributed by atoms with Gasteiger partial charge < -0.3 is 0 Å². The lowest BCUT2D eigenvalue weighted by Crippen LogP contribution is -2.38. The summed E-state index contributed by atoms with van der Waals surface area (Å²) in [7, 11) is 0. The number of rotatable bonds is 5. The van der Waals surface area contributed by atoms with Gasteiger partial charge in [0.05, 0.1) is 6.04 Å². The Morgan fingerprint density at radius 3 is 1.82 bits per heavy atom. The summed E-state index contributed by atoms with van der Waals surface area (Å²) in [4.78, 5) is 32.1. The fourth-order valence-corrected chi connectivity index (χ4v) is 5.58. The molecule has 1 atom stereocenters. The zero-order chi connectivity index (χ0) is 28.0. The summed E-state index contributed by atoms with van der Waals surface area (Å²) in [6.07, 6.45) is 1.94. The van der Waals surface area contributed by atoms with Crippen LogP contribution in [-0.4, -0.2) is 11.8 Å². The molecule has 0 saturated carbocycles. The maximum atomic E-state index is 14.4. The first-order valence-electron chi connectivity index (χ1n) is 13.8. The van der Waals surface area contributed by atoms with E-state index in [9.17, 15) is 9.59 Å². The van der Waals surface area contributed by atoms with Gasteiger partial charge in [-0.1, -0.05) is 104 Å². The van der Waals surface area contributed by atoms with Crippen molar-refractivity contribution in [3.63, 3.8) is 0 Å². The molecule has 2 heterocycles. The molecule has 4 nitrogen and oxygen atoms in total. The Hall–Kier alpha value is -4.70. The minimum atomic E-state index is -0.438. The number of aryl methyl sites for hydroxylation is 2. The second-order valence-electron chi connectivity index (χ2n) is 10.9. The molecule has 2 amide bonds. The van der Waals surface area contributed by atoms with E-state index in [1.165, 1.54) is 5.56 Å². The monoisotopic (exact) mass is 524 g/mol. The topological polar surface area (TPSA) is 40.6 Å². The van der Waals surface area contributed by atoms with Crippen LogP contribution >= 0.6 is 0 Å². The number of hydrogen-bond acceptors (Lipinski definition) is 2. The predicted octanol–water partition coefficient (Wildman–Crippen LogP) is 7.90. The lowest BCUT2D eigenvalue weighted by molar-refractivity contribution is -0.118. The summed E-state index contributed by atoms with van der Waals surface area (Å²) >= 11 is 0. The normalized spacial score (nSPS) is 17.9. The standard InChI is InChI=1S/C36H32N2O2/c1-23(2)27-16-14-26(15-17-27)22-31-32-33(28-8-6-5-7-9-28)37(29-18-10-24(3)11-19-29)36(40)34(32)38(35(31)39)30-20-12-25(4)13-21-30/h5-23,33H,1-4H3. The van der Waals surface area contributed by atoms with Crippen molar-refractivity contribution in [3.05, 3.63) is 148 Å². The Kier molecular flexibility index (Phi) is 6.47. The SMILES string of the molecule is Cc1ccc(N2C(=O)C(=Cc3ccc(C(C)C)cc3)C3=C2C(=O)N(c2ccc(C)cc2)C3c2ccccc2)cc1. The smallest absolute Gasteiger partial charge is 0.276 e. The molecule has 0 saturated heterocycles. The average Bonchev–Trinajstić information content (AvgIpc) is 3.41. The van der Waals surface area contributed by atoms with Gasteiger partial charge in [-0.15, -0.1) is 0 Å². The van der Waals surface area contributed by atoms with Gasteiger partial charge in [0.15, 0.2) is 0 Å². The lowest BCUT2D eigenvalue weighted by atomic mass is 9.92. The average molecular weight is 525 g/mol. The van der Waals surface area contributed by atoms with Crippen LogP contribution in [0.1, 0.15) is 53.6 Å². The molecular formula is C36H32N2O2. The first-order valence-corrected chi connectivity index (χ1v) is 13.8. The maximum Gasteiger partial charge on any atom is 0.276 e. The van der Waals surface area contributed by atoms with Crippen LogP contribution in [0.2, 0.25) is 0 Å². The Morgan fingerprint density at radius 2 is 1.25 bits per heavy atom. The number of hydrogen-bond donors (Lipinski definition) is 0. The van der Waals surface area contributed by atoms with Gasteiger partial charge in [-0.3, -0.25) is 19.4 Å². The van der Waals surface area contributed by atoms with Crippen molar-refractivity contribution in [2.75, 3.05) is 9.80 Å². The minimum absolute atomic E-state index is 0.180. The van der Waals surface area contributed by atoms with E-state index in [2.05, 4.69) is 38.1 Å². The van der Waals surface area contributed by atoms with Gasteiger partial charge >= 0.3 is 0 Å². The van der Waals surface area contributed by atoms with Gasteiger partial charge in [-0.2, -0.15) is 0 Å². The predicted molar refractivity (Wildman–Crippen MR) is 162 cm³/mol.